The Hall–Kier alpha value is -2.49. The second-order valence-electron chi connectivity index (χ2n) is 8.07. The SMILES string of the molecule is CN(C)c1ccc(/N=N/c2ccc(S(=O)(=O)NCCO[C@@H]3O[C@H](CO)[C@@H](O)[C@H](O)[C@H]3O)cc2)cc1. The van der Waals surface area contributed by atoms with E-state index in [0.717, 1.165) is 5.69 Å². The van der Waals surface area contributed by atoms with Crippen LogP contribution in [-0.4, -0.2) is 93.4 Å². The number of aliphatic hydroxyl groups is 4. The van der Waals surface area contributed by atoms with Crippen LogP contribution in [0.15, 0.2) is 63.7 Å². The third-order valence-corrected chi connectivity index (χ3v) is 6.80. The summed E-state index contributed by atoms with van der Waals surface area (Å²) in [6.45, 7) is -0.932. The van der Waals surface area contributed by atoms with E-state index in [1.165, 1.54) is 24.3 Å². The second-order valence-corrected chi connectivity index (χ2v) is 9.84. The Morgan fingerprint density at radius 2 is 1.51 bits per heavy atom. The van der Waals surface area contributed by atoms with Crippen LogP contribution < -0.4 is 9.62 Å². The topological polar surface area (TPSA) is 174 Å². The number of nitrogens with one attached hydrogen (secondary N) is 1. The number of hydrogen-bond donors (Lipinski definition) is 5. The van der Waals surface area contributed by atoms with Crippen LogP contribution in [0.3, 0.4) is 0 Å². The predicted molar refractivity (Wildman–Crippen MR) is 126 cm³/mol. The molecular weight excluding hydrogens is 480 g/mol. The second kappa shape index (κ2) is 12.0. The van der Waals surface area contributed by atoms with Crippen LogP contribution in [0.1, 0.15) is 0 Å². The van der Waals surface area contributed by atoms with Gasteiger partial charge in [-0.3, -0.25) is 0 Å². The summed E-state index contributed by atoms with van der Waals surface area (Å²) in [7, 11) is 0.0291. The lowest BCUT2D eigenvalue weighted by Crippen LogP contribution is -2.59. The lowest BCUT2D eigenvalue weighted by molar-refractivity contribution is -0.300. The number of benzene rings is 2. The monoisotopic (exact) mass is 510 g/mol. The van der Waals surface area contributed by atoms with Crippen molar-refractivity contribution in [3.8, 4) is 0 Å². The largest absolute Gasteiger partial charge is 0.394 e. The van der Waals surface area contributed by atoms with E-state index in [1.54, 1.807) is 0 Å². The summed E-state index contributed by atoms with van der Waals surface area (Å²) in [4.78, 5) is 1.98. The Labute approximate surface area is 203 Å². The standard InChI is InChI=1S/C22H30N4O8S/c1-26(2)16-7-3-14(4-8-16)24-25-15-5-9-17(10-6-15)35(31,32)23-11-12-33-22-21(30)20(29)19(28)18(13-27)34-22/h3-10,18-23,27-30H,11-13H2,1-2H3/b25-24+/t18-,19-,20+,21-,22-/m1/s1. The van der Waals surface area contributed by atoms with Crippen molar-refractivity contribution in [2.45, 2.75) is 35.6 Å². The number of nitrogens with zero attached hydrogens (tertiary/aromatic N) is 3. The van der Waals surface area contributed by atoms with Crippen LogP contribution in [0, 0.1) is 0 Å². The summed E-state index contributed by atoms with van der Waals surface area (Å²) < 4.78 is 37.9. The van der Waals surface area contributed by atoms with Crippen molar-refractivity contribution < 1.29 is 38.3 Å². The van der Waals surface area contributed by atoms with Gasteiger partial charge >= 0.3 is 0 Å². The van der Waals surface area contributed by atoms with E-state index >= 15 is 0 Å². The summed E-state index contributed by atoms with van der Waals surface area (Å²) in [5.41, 5.74) is 2.17. The number of hydrogen-bond acceptors (Lipinski definition) is 11. The van der Waals surface area contributed by atoms with E-state index in [1.807, 2.05) is 43.3 Å². The average Bonchev–Trinajstić information content (AvgIpc) is 2.85. The van der Waals surface area contributed by atoms with Crippen LogP contribution in [0.25, 0.3) is 0 Å². The first-order chi connectivity index (χ1) is 16.6. The minimum Gasteiger partial charge on any atom is -0.394 e. The third-order valence-electron chi connectivity index (χ3n) is 5.32. The molecule has 1 heterocycles. The molecule has 1 aliphatic heterocycles. The van der Waals surface area contributed by atoms with E-state index < -0.39 is 47.3 Å². The maximum absolute atomic E-state index is 12.5. The van der Waals surface area contributed by atoms with Crippen molar-refractivity contribution in [3.05, 3.63) is 48.5 Å². The highest BCUT2D eigenvalue weighted by molar-refractivity contribution is 7.89. The maximum Gasteiger partial charge on any atom is 0.240 e. The van der Waals surface area contributed by atoms with Gasteiger partial charge in [0, 0.05) is 26.3 Å². The molecule has 1 aliphatic rings. The Bertz CT molecular complexity index is 1080. The molecule has 0 unspecified atom stereocenters. The minimum absolute atomic E-state index is 0.0135. The molecule has 0 spiro atoms. The van der Waals surface area contributed by atoms with Gasteiger partial charge < -0.3 is 34.8 Å². The van der Waals surface area contributed by atoms with Gasteiger partial charge in [-0.1, -0.05) is 0 Å². The fourth-order valence-corrected chi connectivity index (χ4v) is 4.28. The summed E-state index contributed by atoms with van der Waals surface area (Å²) in [5.74, 6) is 0. The summed E-state index contributed by atoms with van der Waals surface area (Å²) in [6.07, 6.45) is -7.07. The van der Waals surface area contributed by atoms with Crippen LogP contribution in [0.5, 0.6) is 0 Å². The molecule has 0 amide bonds. The summed E-state index contributed by atoms with van der Waals surface area (Å²) in [6, 6.07) is 13.3. The van der Waals surface area contributed by atoms with Crippen molar-refractivity contribution in [2.24, 2.45) is 10.2 Å². The first kappa shape index (κ1) is 27.1. The normalized spacial score (nSPS) is 25.1. The van der Waals surface area contributed by atoms with Gasteiger partial charge in [-0.05, 0) is 48.5 Å². The van der Waals surface area contributed by atoms with Crippen LogP contribution in [0.2, 0.25) is 0 Å². The molecule has 5 N–H and O–H groups in total. The van der Waals surface area contributed by atoms with Gasteiger partial charge in [0.1, 0.15) is 24.4 Å². The highest BCUT2D eigenvalue weighted by atomic mass is 32.2. The van der Waals surface area contributed by atoms with Gasteiger partial charge in [0.2, 0.25) is 10.0 Å². The van der Waals surface area contributed by atoms with Crippen molar-refractivity contribution in [1.82, 2.24) is 4.72 Å². The molecule has 0 saturated carbocycles. The third kappa shape index (κ3) is 7.02. The number of azo groups is 1. The lowest BCUT2D eigenvalue weighted by atomic mass is 9.99. The predicted octanol–water partition coefficient (Wildman–Crippen LogP) is 0.263. The Morgan fingerprint density at radius 3 is 2.06 bits per heavy atom. The summed E-state index contributed by atoms with van der Waals surface area (Å²) >= 11 is 0. The Balaban J connectivity index is 1.51. The molecule has 5 atom stereocenters. The molecular formula is C22H30N4O8S. The molecule has 0 aromatic heterocycles. The molecule has 0 aliphatic carbocycles. The number of aliphatic hydroxyl groups excluding tert-OH is 4. The molecule has 192 valence electrons. The molecule has 3 rings (SSSR count). The van der Waals surface area contributed by atoms with E-state index in [-0.39, 0.29) is 18.0 Å². The number of rotatable bonds is 10. The Morgan fingerprint density at radius 1 is 0.943 bits per heavy atom. The van der Waals surface area contributed by atoms with Gasteiger partial charge in [0.15, 0.2) is 6.29 Å². The van der Waals surface area contributed by atoms with Gasteiger partial charge in [-0.15, -0.1) is 0 Å². The van der Waals surface area contributed by atoms with Crippen LogP contribution in [0.4, 0.5) is 17.1 Å². The van der Waals surface area contributed by atoms with Crippen LogP contribution in [-0.2, 0) is 19.5 Å². The van der Waals surface area contributed by atoms with E-state index in [9.17, 15) is 28.8 Å². The average molecular weight is 511 g/mol. The molecule has 2 aromatic carbocycles. The number of anilines is 1. The fourth-order valence-electron chi connectivity index (χ4n) is 3.26. The highest BCUT2D eigenvalue weighted by Gasteiger charge is 2.43. The first-order valence-electron chi connectivity index (χ1n) is 10.8. The van der Waals surface area contributed by atoms with Gasteiger partial charge in [-0.25, -0.2) is 13.1 Å². The van der Waals surface area contributed by atoms with Gasteiger partial charge in [0.25, 0.3) is 0 Å². The zero-order valence-corrected chi connectivity index (χ0v) is 20.1. The van der Waals surface area contributed by atoms with E-state index in [4.69, 9.17) is 9.47 Å². The summed E-state index contributed by atoms with van der Waals surface area (Å²) in [5, 5.41) is 46.9. The van der Waals surface area contributed by atoms with Gasteiger partial charge in [-0.2, -0.15) is 10.2 Å². The van der Waals surface area contributed by atoms with Crippen molar-refractivity contribution in [2.75, 3.05) is 38.8 Å². The molecule has 13 heteroatoms. The first-order valence-corrected chi connectivity index (χ1v) is 12.3. The van der Waals surface area contributed by atoms with Crippen molar-refractivity contribution >= 4 is 27.1 Å². The highest BCUT2D eigenvalue weighted by Crippen LogP contribution is 2.23. The molecule has 1 saturated heterocycles. The molecule has 12 nitrogen and oxygen atoms in total. The lowest BCUT2D eigenvalue weighted by Gasteiger charge is -2.39. The number of ether oxygens (including phenoxy) is 2. The van der Waals surface area contributed by atoms with E-state index in [0.29, 0.717) is 11.4 Å². The maximum atomic E-state index is 12.5. The Kier molecular flexibility index (Phi) is 9.27. The molecule has 2 aromatic rings. The number of sulfonamides is 1. The smallest absolute Gasteiger partial charge is 0.240 e. The zero-order chi connectivity index (χ0) is 25.6. The minimum atomic E-state index is -3.85. The molecule has 35 heavy (non-hydrogen) atoms. The van der Waals surface area contributed by atoms with E-state index in [2.05, 4.69) is 15.0 Å². The fraction of sp³-hybridized carbons (Fsp3) is 0.455. The van der Waals surface area contributed by atoms with Crippen molar-refractivity contribution in [3.63, 3.8) is 0 Å². The molecule has 0 bridgehead atoms. The van der Waals surface area contributed by atoms with Crippen molar-refractivity contribution in [1.29, 1.82) is 0 Å². The molecule has 0 radical (unpaired) electrons. The van der Waals surface area contributed by atoms with Crippen LogP contribution >= 0.6 is 0 Å². The van der Waals surface area contributed by atoms with Gasteiger partial charge in [0.05, 0.1) is 29.5 Å². The zero-order valence-electron chi connectivity index (χ0n) is 19.3. The molecule has 1 fully saturated rings. The quantitative estimate of drug-likeness (QED) is 0.222.